The molecule has 0 radical (unpaired) electrons. The first-order valence-corrected chi connectivity index (χ1v) is 12.4. The van der Waals surface area contributed by atoms with Gasteiger partial charge in [0, 0.05) is 16.3 Å². The number of hydrazone groups is 1. The second-order valence-electron chi connectivity index (χ2n) is 7.80. The quantitative estimate of drug-likeness (QED) is 0.180. The van der Waals surface area contributed by atoms with Crippen molar-refractivity contribution in [3.63, 3.8) is 0 Å². The van der Waals surface area contributed by atoms with Gasteiger partial charge in [-0.25, -0.2) is 5.43 Å². The molecule has 0 saturated heterocycles. The second-order valence-corrected chi connectivity index (χ2v) is 9.06. The lowest BCUT2D eigenvalue weighted by Crippen LogP contribution is -2.24. The number of hydrogen-bond donors (Lipinski definition) is 2. The molecule has 3 rings (SSSR count). The molecule has 0 saturated carbocycles. The SMILES string of the molecule is CCOc1cc(C=NNC(=O)CC(=O)Nc2ccc(C)c(Cl)c2)cc(Br)c1OCc1ccccc1C#N. The molecule has 0 atom stereocenters. The van der Waals surface area contributed by atoms with Gasteiger partial charge in [-0.05, 0) is 71.2 Å². The highest BCUT2D eigenvalue weighted by Gasteiger charge is 2.14. The molecule has 8 nitrogen and oxygen atoms in total. The molecule has 0 aromatic heterocycles. The molecule has 10 heteroatoms. The van der Waals surface area contributed by atoms with Crippen molar-refractivity contribution in [3.05, 3.63) is 86.3 Å². The standard InChI is InChI=1S/C27H24BrClN4O4/c1-3-36-24-11-18(10-22(28)27(24)37-16-20-7-5-4-6-19(20)14-30)15-31-33-26(35)13-25(34)32-21-9-8-17(2)23(29)12-21/h4-12,15H,3,13,16H2,1-2H3,(H,32,34)(H,33,35). The molecule has 0 heterocycles. The van der Waals surface area contributed by atoms with Gasteiger partial charge in [0.25, 0.3) is 0 Å². The third kappa shape index (κ3) is 8.07. The van der Waals surface area contributed by atoms with Crippen LogP contribution in [0, 0.1) is 18.3 Å². The molecule has 0 spiro atoms. The summed E-state index contributed by atoms with van der Waals surface area (Å²) in [5, 5.41) is 16.4. The van der Waals surface area contributed by atoms with Crippen molar-refractivity contribution in [1.29, 1.82) is 5.26 Å². The number of anilines is 1. The Hall–Kier alpha value is -3.87. The van der Waals surface area contributed by atoms with Gasteiger partial charge in [-0.1, -0.05) is 35.9 Å². The van der Waals surface area contributed by atoms with Gasteiger partial charge in [0.05, 0.1) is 28.9 Å². The van der Waals surface area contributed by atoms with Gasteiger partial charge in [-0.15, -0.1) is 0 Å². The maximum absolute atomic E-state index is 12.1. The Morgan fingerprint density at radius 3 is 2.65 bits per heavy atom. The van der Waals surface area contributed by atoms with E-state index in [1.54, 1.807) is 42.5 Å². The Morgan fingerprint density at radius 2 is 1.92 bits per heavy atom. The van der Waals surface area contributed by atoms with Gasteiger partial charge >= 0.3 is 0 Å². The zero-order valence-electron chi connectivity index (χ0n) is 20.2. The smallest absolute Gasteiger partial charge is 0.249 e. The number of amides is 2. The fraction of sp³-hybridized carbons (Fsp3) is 0.185. The second kappa shape index (κ2) is 13.4. The number of halogens is 2. The van der Waals surface area contributed by atoms with Crippen LogP contribution < -0.4 is 20.2 Å². The van der Waals surface area contributed by atoms with Gasteiger partial charge in [0.1, 0.15) is 13.0 Å². The molecule has 190 valence electrons. The predicted octanol–water partition coefficient (Wildman–Crippen LogP) is 5.74. The lowest BCUT2D eigenvalue weighted by Gasteiger charge is -2.15. The zero-order chi connectivity index (χ0) is 26.8. The first-order chi connectivity index (χ1) is 17.8. The largest absolute Gasteiger partial charge is 0.490 e. The number of carbonyl (C=O) groups excluding carboxylic acids is 2. The van der Waals surface area contributed by atoms with Crippen LogP contribution in [0.25, 0.3) is 0 Å². The van der Waals surface area contributed by atoms with Gasteiger partial charge in [0.2, 0.25) is 11.8 Å². The third-order valence-electron chi connectivity index (χ3n) is 5.02. The molecule has 3 aromatic carbocycles. The van der Waals surface area contributed by atoms with E-state index in [2.05, 4.69) is 37.8 Å². The highest BCUT2D eigenvalue weighted by atomic mass is 79.9. The molecule has 2 amide bonds. The topological polar surface area (TPSA) is 113 Å². The molecule has 0 aliphatic carbocycles. The van der Waals surface area contributed by atoms with E-state index in [0.717, 1.165) is 11.1 Å². The first-order valence-electron chi connectivity index (χ1n) is 11.3. The Labute approximate surface area is 228 Å². The Bertz CT molecular complexity index is 1370. The predicted molar refractivity (Wildman–Crippen MR) is 146 cm³/mol. The Kier molecular flexibility index (Phi) is 10.1. The zero-order valence-corrected chi connectivity index (χ0v) is 22.5. The maximum atomic E-state index is 12.1. The summed E-state index contributed by atoms with van der Waals surface area (Å²) in [4.78, 5) is 24.3. The summed E-state index contributed by atoms with van der Waals surface area (Å²) in [5.74, 6) is -0.125. The van der Waals surface area contributed by atoms with E-state index in [0.29, 0.717) is 44.4 Å². The number of aryl methyl sites for hydroxylation is 1. The van der Waals surface area contributed by atoms with Crippen LogP contribution >= 0.6 is 27.5 Å². The van der Waals surface area contributed by atoms with Gasteiger partial charge in [0.15, 0.2) is 11.5 Å². The molecule has 0 aliphatic heterocycles. The fourth-order valence-corrected chi connectivity index (χ4v) is 3.97. The van der Waals surface area contributed by atoms with Crippen molar-refractivity contribution in [2.45, 2.75) is 26.9 Å². The minimum atomic E-state index is -0.577. The van der Waals surface area contributed by atoms with Gasteiger partial charge < -0.3 is 14.8 Å². The van der Waals surface area contributed by atoms with Crippen LogP contribution in [0.5, 0.6) is 11.5 Å². The molecule has 37 heavy (non-hydrogen) atoms. The van der Waals surface area contributed by atoms with Gasteiger partial charge in [-0.2, -0.15) is 10.4 Å². The lowest BCUT2D eigenvalue weighted by molar-refractivity contribution is -0.126. The first kappa shape index (κ1) is 27.7. The Morgan fingerprint density at radius 1 is 1.14 bits per heavy atom. The molecular formula is C27H24BrClN4O4. The van der Waals surface area contributed by atoms with E-state index in [1.807, 2.05) is 26.0 Å². The van der Waals surface area contributed by atoms with Crippen molar-refractivity contribution in [2.24, 2.45) is 5.10 Å². The van der Waals surface area contributed by atoms with Crippen LogP contribution in [0.2, 0.25) is 5.02 Å². The fourth-order valence-electron chi connectivity index (χ4n) is 3.21. The van der Waals surface area contributed by atoms with Crippen molar-refractivity contribution >= 4 is 51.2 Å². The van der Waals surface area contributed by atoms with Crippen molar-refractivity contribution in [2.75, 3.05) is 11.9 Å². The summed E-state index contributed by atoms with van der Waals surface area (Å²) < 4.78 is 12.3. The van der Waals surface area contributed by atoms with E-state index >= 15 is 0 Å². The van der Waals surface area contributed by atoms with Crippen molar-refractivity contribution in [1.82, 2.24) is 5.43 Å². The molecule has 0 bridgehead atoms. The highest BCUT2D eigenvalue weighted by Crippen LogP contribution is 2.37. The number of hydrogen-bond acceptors (Lipinski definition) is 6. The van der Waals surface area contributed by atoms with E-state index in [-0.39, 0.29) is 6.61 Å². The summed E-state index contributed by atoms with van der Waals surface area (Å²) in [7, 11) is 0. The van der Waals surface area contributed by atoms with E-state index < -0.39 is 18.2 Å². The monoisotopic (exact) mass is 582 g/mol. The Balaban J connectivity index is 1.61. The van der Waals surface area contributed by atoms with Crippen LogP contribution in [0.4, 0.5) is 5.69 Å². The van der Waals surface area contributed by atoms with Crippen LogP contribution in [0.1, 0.15) is 35.6 Å². The minimum absolute atomic E-state index is 0.183. The van der Waals surface area contributed by atoms with E-state index in [4.69, 9.17) is 21.1 Å². The summed E-state index contributed by atoms with van der Waals surface area (Å²) in [6, 6.07) is 17.9. The van der Waals surface area contributed by atoms with E-state index in [1.165, 1.54) is 6.21 Å². The number of carbonyl (C=O) groups is 2. The minimum Gasteiger partial charge on any atom is -0.490 e. The number of rotatable bonds is 10. The summed E-state index contributed by atoms with van der Waals surface area (Å²) in [5.41, 5.74) is 5.64. The molecule has 2 N–H and O–H groups in total. The van der Waals surface area contributed by atoms with Crippen LogP contribution in [-0.2, 0) is 16.2 Å². The van der Waals surface area contributed by atoms with Crippen LogP contribution in [-0.4, -0.2) is 24.6 Å². The average Bonchev–Trinajstić information content (AvgIpc) is 2.86. The number of nitriles is 1. The van der Waals surface area contributed by atoms with Crippen molar-refractivity contribution in [3.8, 4) is 17.6 Å². The van der Waals surface area contributed by atoms with Crippen molar-refractivity contribution < 1.29 is 19.1 Å². The summed E-state index contributed by atoms with van der Waals surface area (Å²) in [6.07, 6.45) is 1.02. The summed E-state index contributed by atoms with van der Waals surface area (Å²) in [6.45, 7) is 4.28. The highest BCUT2D eigenvalue weighted by molar-refractivity contribution is 9.10. The van der Waals surface area contributed by atoms with Crippen LogP contribution in [0.3, 0.4) is 0 Å². The molecular weight excluding hydrogens is 560 g/mol. The van der Waals surface area contributed by atoms with Crippen LogP contribution in [0.15, 0.2) is 64.2 Å². The maximum Gasteiger partial charge on any atom is 0.249 e. The molecule has 0 aliphatic rings. The van der Waals surface area contributed by atoms with E-state index in [9.17, 15) is 14.9 Å². The third-order valence-corrected chi connectivity index (χ3v) is 6.02. The number of nitrogens with zero attached hydrogens (tertiary/aromatic N) is 2. The summed E-state index contributed by atoms with van der Waals surface area (Å²) >= 11 is 9.55. The molecule has 0 unspecified atom stereocenters. The number of benzene rings is 3. The average molecular weight is 584 g/mol. The normalized spacial score (nSPS) is 10.6. The molecule has 3 aromatic rings. The molecule has 0 fully saturated rings. The number of ether oxygens (including phenoxy) is 2. The number of nitrogens with one attached hydrogen (secondary N) is 2. The lowest BCUT2D eigenvalue weighted by atomic mass is 10.1. The van der Waals surface area contributed by atoms with Gasteiger partial charge in [-0.3, -0.25) is 9.59 Å².